The van der Waals surface area contributed by atoms with Crippen LogP contribution in [0.15, 0.2) is 27.2 Å². The highest BCUT2D eigenvalue weighted by atomic mass is 79.9. The third-order valence-electron chi connectivity index (χ3n) is 2.62. The van der Waals surface area contributed by atoms with Crippen LogP contribution < -0.4 is 5.32 Å². The third kappa shape index (κ3) is 3.99. The highest BCUT2D eigenvalue weighted by Gasteiger charge is 2.12. The van der Waals surface area contributed by atoms with E-state index >= 15 is 0 Å². The SMILES string of the molecule is CNC(C)Cc1noc(-c2ccc(F)c(Br)c2)n1.Cl. The van der Waals surface area contributed by atoms with Gasteiger partial charge in [0.25, 0.3) is 5.89 Å². The van der Waals surface area contributed by atoms with E-state index in [0.717, 1.165) is 0 Å². The molecule has 19 heavy (non-hydrogen) atoms. The molecule has 0 radical (unpaired) electrons. The Balaban J connectivity index is 0.00000180. The minimum Gasteiger partial charge on any atom is -0.334 e. The third-order valence-corrected chi connectivity index (χ3v) is 3.22. The molecule has 0 aliphatic rings. The Morgan fingerprint density at radius 1 is 1.47 bits per heavy atom. The number of benzene rings is 1. The van der Waals surface area contributed by atoms with Gasteiger partial charge in [0.05, 0.1) is 4.47 Å². The number of halogens is 3. The first kappa shape index (κ1) is 16.1. The molecule has 1 heterocycles. The van der Waals surface area contributed by atoms with Crippen molar-refractivity contribution < 1.29 is 8.91 Å². The molecule has 0 aliphatic heterocycles. The van der Waals surface area contributed by atoms with Crippen LogP contribution in [0, 0.1) is 5.82 Å². The summed E-state index contributed by atoms with van der Waals surface area (Å²) in [6.45, 7) is 2.03. The average molecular weight is 351 g/mol. The van der Waals surface area contributed by atoms with Crippen molar-refractivity contribution in [1.29, 1.82) is 0 Å². The summed E-state index contributed by atoms with van der Waals surface area (Å²) in [5.41, 5.74) is 0.694. The second kappa shape index (κ2) is 6.98. The molecular formula is C12H14BrClFN3O. The molecule has 0 saturated heterocycles. The minimum absolute atomic E-state index is 0. The van der Waals surface area contributed by atoms with Crippen LogP contribution in [-0.4, -0.2) is 23.2 Å². The van der Waals surface area contributed by atoms with E-state index in [1.807, 2.05) is 14.0 Å². The first-order chi connectivity index (χ1) is 8.60. The van der Waals surface area contributed by atoms with Crippen molar-refractivity contribution in [3.8, 4) is 11.5 Å². The van der Waals surface area contributed by atoms with E-state index in [2.05, 4.69) is 31.4 Å². The Labute approximate surface area is 125 Å². The van der Waals surface area contributed by atoms with Crippen LogP contribution in [0.1, 0.15) is 12.7 Å². The maximum atomic E-state index is 13.1. The molecule has 4 nitrogen and oxygen atoms in total. The van der Waals surface area contributed by atoms with Crippen LogP contribution >= 0.6 is 28.3 Å². The maximum Gasteiger partial charge on any atom is 0.257 e. The van der Waals surface area contributed by atoms with Gasteiger partial charge in [-0.1, -0.05) is 5.16 Å². The molecule has 0 spiro atoms. The molecule has 1 N–H and O–H groups in total. The van der Waals surface area contributed by atoms with E-state index in [1.54, 1.807) is 12.1 Å². The van der Waals surface area contributed by atoms with Crippen molar-refractivity contribution in [3.63, 3.8) is 0 Å². The van der Waals surface area contributed by atoms with Crippen LogP contribution in [0.2, 0.25) is 0 Å². The Morgan fingerprint density at radius 2 is 2.21 bits per heavy atom. The first-order valence-corrected chi connectivity index (χ1v) is 6.34. The predicted octanol–water partition coefficient (Wildman–Crippen LogP) is 3.21. The summed E-state index contributed by atoms with van der Waals surface area (Å²) < 4.78 is 18.7. The summed E-state index contributed by atoms with van der Waals surface area (Å²) in [6.07, 6.45) is 0.683. The molecule has 1 aromatic heterocycles. The molecule has 2 aromatic rings. The fraction of sp³-hybridized carbons (Fsp3) is 0.333. The summed E-state index contributed by atoms with van der Waals surface area (Å²) in [4.78, 5) is 4.28. The Hall–Kier alpha value is -0.980. The van der Waals surface area contributed by atoms with E-state index in [-0.39, 0.29) is 24.3 Å². The predicted molar refractivity (Wildman–Crippen MR) is 76.9 cm³/mol. The summed E-state index contributed by atoms with van der Waals surface area (Å²) in [5.74, 6) is 0.712. The Bertz CT molecular complexity index is 550. The Kier molecular flexibility index (Phi) is 5.90. The fourth-order valence-electron chi connectivity index (χ4n) is 1.46. The van der Waals surface area contributed by atoms with Gasteiger partial charge in [0.2, 0.25) is 0 Å². The summed E-state index contributed by atoms with van der Waals surface area (Å²) in [7, 11) is 1.88. The molecule has 0 saturated carbocycles. The molecular weight excluding hydrogens is 337 g/mol. The summed E-state index contributed by atoms with van der Waals surface area (Å²) in [6, 6.07) is 4.86. The van der Waals surface area contributed by atoms with Crippen LogP contribution in [0.5, 0.6) is 0 Å². The zero-order valence-electron chi connectivity index (χ0n) is 10.5. The van der Waals surface area contributed by atoms with Gasteiger partial charge >= 0.3 is 0 Å². The number of hydrogen-bond acceptors (Lipinski definition) is 4. The fourth-order valence-corrected chi connectivity index (χ4v) is 1.84. The largest absolute Gasteiger partial charge is 0.334 e. The van der Waals surface area contributed by atoms with E-state index in [4.69, 9.17) is 4.52 Å². The quantitative estimate of drug-likeness (QED) is 0.920. The zero-order valence-corrected chi connectivity index (χ0v) is 12.9. The lowest BCUT2D eigenvalue weighted by Gasteiger charge is -2.04. The lowest BCUT2D eigenvalue weighted by atomic mass is 10.2. The van der Waals surface area contributed by atoms with Crippen molar-refractivity contribution in [2.24, 2.45) is 0 Å². The van der Waals surface area contributed by atoms with Gasteiger partial charge < -0.3 is 9.84 Å². The van der Waals surface area contributed by atoms with Crippen molar-refractivity contribution in [2.75, 3.05) is 7.05 Å². The van der Waals surface area contributed by atoms with Crippen molar-refractivity contribution in [3.05, 3.63) is 34.3 Å². The summed E-state index contributed by atoms with van der Waals surface area (Å²) in [5, 5.41) is 7.00. The first-order valence-electron chi connectivity index (χ1n) is 5.55. The van der Waals surface area contributed by atoms with E-state index in [1.165, 1.54) is 6.07 Å². The molecule has 0 aliphatic carbocycles. The van der Waals surface area contributed by atoms with Gasteiger partial charge in [0.15, 0.2) is 5.82 Å². The second-order valence-corrected chi connectivity index (χ2v) is 4.89. The number of rotatable bonds is 4. The number of aromatic nitrogens is 2. The van der Waals surface area contributed by atoms with Crippen LogP contribution in [0.25, 0.3) is 11.5 Å². The standard InChI is InChI=1S/C12H13BrFN3O.ClH/c1-7(15-2)5-11-16-12(18-17-11)8-3-4-10(14)9(13)6-8;/h3-4,6-7,15H,5H2,1-2H3;1H. The molecule has 1 atom stereocenters. The van der Waals surface area contributed by atoms with Crippen LogP contribution in [-0.2, 0) is 6.42 Å². The maximum absolute atomic E-state index is 13.1. The van der Waals surface area contributed by atoms with Gasteiger partial charge in [0.1, 0.15) is 5.82 Å². The molecule has 1 aromatic carbocycles. The molecule has 104 valence electrons. The van der Waals surface area contributed by atoms with Gasteiger partial charge in [-0.15, -0.1) is 12.4 Å². The normalized spacial score (nSPS) is 12.0. The number of hydrogen-bond donors (Lipinski definition) is 1. The van der Waals surface area contributed by atoms with E-state index in [9.17, 15) is 4.39 Å². The topological polar surface area (TPSA) is 51.0 Å². The van der Waals surface area contributed by atoms with Gasteiger partial charge in [-0.3, -0.25) is 0 Å². The van der Waals surface area contributed by atoms with E-state index < -0.39 is 0 Å². The molecule has 7 heteroatoms. The summed E-state index contributed by atoms with van der Waals surface area (Å²) >= 11 is 3.13. The molecule has 0 fully saturated rings. The number of nitrogens with zero attached hydrogens (tertiary/aromatic N) is 2. The minimum atomic E-state index is -0.317. The average Bonchev–Trinajstić information content (AvgIpc) is 2.81. The van der Waals surface area contributed by atoms with Crippen LogP contribution in [0.3, 0.4) is 0 Å². The highest BCUT2D eigenvalue weighted by Crippen LogP contribution is 2.24. The number of likely N-dealkylation sites (N-methyl/N-ethyl adjacent to an activating group) is 1. The molecule has 0 bridgehead atoms. The van der Waals surface area contributed by atoms with Crippen LogP contribution in [0.4, 0.5) is 4.39 Å². The molecule has 0 amide bonds. The van der Waals surface area contributed by atoms with Gasteiger partial charge in [0, 0.05) is 18.0 Å². The Morgan fingerprint density at radius 3 is 2.84 bits per heavy atom. The highest BCUT2D eigenvalue weighted by molar-refractivity contribution is 9.10. The zero-order chi connectivity index (χ0) is 13.1. The van der Waals surface area contributed by atoms with E-state index in [0.29, 0.717) is 28.2 Å². The second-order valence-electron chi connectivity index (χ2n) is 4.04. The van der Waals surface area contributed by atoms with Crippen molar-refractivity contribution in [2.45, 2.75) is 19.4 Å². The van der Waals surface area contributed by atoms with Gasteiger partial charge in [-0.2, -0.15) is 4.98 Å². The lowest BCUT2D eigenvalue weighted by Crippen LogP contribution is -2.24. The molecule has 1 unspecified atom stereocenters. The molecule has 2 rings (SSSR count). The van der Waals surface area contributed by atoms with Crippen molar-refractivity contribution in [1.82, 2.24) is 15.5 Å². The van der Waals surface area contributed by atoms with Gasteiger partial charge in [-0.05, 0) is 48.1 Å². The monoisotopic (exact) mass is 349 g/mol. The number of nitrogens with one attached hydrogen (secondary N) is 1. The van der Waals surface area contributed by atoms with Gasteiger partial charge in [-0.25, -0.2) is 4.39 Å². The lowest BCUT2D eigenvalue weighted by molar-refractivity contribution is 0.418. The smallest absolute Gasteiger partial charge is 0.257 e. The van der Waals surface area contributed by atoms with Crippen molar-refractivity contribution >= 4 is 28.3 Å².